The third-order valence-electron chi connectivity index (χ3n) is 2.70. The van der Waals surface area contributed by atoms with Crippen molar-refractivity contribution in [1.29, 1.82) is 0 Å². The van der Waals surface area contributed by atoms with Crippen LogP contribution in [0.5, 0.6) is 0 Å². The topological polar surface area (TPSA) is 47.1 Å². The number of aromatic nitrogens is 2. The first-order valence-electron chi connectivity index (χ1n) is 6.27. The van der Waals surface area contributed by atoms with Crippen LogP contribution in [0.3, 0.4) is 0 Å². The lowest BCUT2D eigenvalue weighted by atomic mass is 10.4. The standard InChI is InChI=1S/C12H24N4/c1-4-8-16-10-11(5-2)14-12(16)15(6-3)9-7-13/h10H,4-9,13H2,1-3H3. The van der Waals surface area contributed by atoms with Gasteiger partial charge in [-0.25, -0.2) is 4.98 Å². The van der Waals surface area contributed by atoms with E-state index < -0.39 is 0 Å². The second-order valence-corrected chi connectivity index (χ2v) is 3.95. The van der Waals surface area contributed by atoms with E-state index in [1.807, 2.05) is 0 Å². The molecule has 1 heterocycles. The van der Waals surface area contributed by atoms with Crippen molar-refractivity contribution in [3.8, 4) is 0 Å². The Bertz CT molecular complexity index is 306. The van der Waals surface area contributed by atoms with Gasteiger partial charge < -0.3 is 15.2 Å². The number of likely N-dealkylation sites (N-methyl/N-ethyl adjacent to an activating group) is 1. The molecule has 0 aliphatic carbocycles. The van der Waals surface area contributed by atoms with Crippen molar-refractivity contribution < 1.29 is 0 Å². The van der Waals surface area contributed by atoms with Crippen LogP contribution in [0.15, 0.2) is 6.20 Å². The number of imidazole rings is 1. The Hall–Kier alpha value is -1.03. The fraction of sp³-hybridized carbons (Fsp3) is 0.750. The molecule has 16 heavy (non-hydrogen) atoms. The number of rotatable bonds is 7. The van der Waals surface area contributed by atoms with Crippen LogP contribution >= 0.6 is 0 Å². The Morgan fingerprint density at radius 2 is 2.12 bits per heavy atom. The maximum Gasteiger partial charge on any atom is 0.205 e. The van der Waals surface area contributed by atoms with E-state index in [1.165, 1.54) is 5.69 Å². The van der Waals surface area contributed by atoms with Crippen molar-refractivity contribution >= 4 is 5.95 Å². The molecule has 0 saturated carbocycles. The fourth-order valence-corrected chi connectivity index (χ4v) is 1.84. The van der Waals surface area contributed by atoms with Crippen LogP contribution in [0.25, 0.3) is 0 Å². The van der Waals surface area contributed by atoms with Crippen molar-refractivity contribution in [3.05, 3.63) is 11.9 Å². The first-order valence-corrected chi connectivity index (χ1v) is 6.27. The first-order chi connectivity index (χ1) is 7.76. The SMILES string of the molecule is CCCn1cc(CC)nc1N(CC)CCN. The summed E-state index contributed by atoms with van der Waals surface area (Å²) in [6, 6.07) is 0. The van der Waals surface area contributed by atoms with Gasteiger partial charge in [-0.15, -0.1) is 0 Å². The minimum atomic E-state index is 0.675. The molecule has 0 unspecified atom stereocenters. The van der Waals surface area contributed by atoms with Crippen molar-refractivity contribution in [2.45, 2.75) is 40.2 Å². The van der Waals surface area contributed by atoms with Crippen molar-refractivity contribution in [2.75, 3.05) is 24.5 Å². The zero-order valence-electron chi connectivity index (χ0n) is 10.7. The average Bonchev–Trinajstić information content (AvgIpc) is 2.70. The predicted octanol–water partition coefficient (Wildman–Crippen LogP) is 1.64. The van der Waals surface area contributed by atoms with E-state index >= 15 is 0 Å². The summed E-state index contributed by atoms with van der Waals surface area (Å²) in [7, 11) is 0. The van der Waals surface area contributed by atoms with E-state index in [2.05, 4.69) is 41.4 Å². The van der Waals surface area contributed by atoms with Crippen molar-refractivity contribution in [3.63, 3.8) is 0 Å². The van der Waals surface area contributed by atoms with Gasteiger partial charge in [0.2, 0.25) is 5.95 Å². The molecule has 0 radical (unpaired) electrons. The van der Waals surface area contributed by atoms with Gasteiger partial charge in [-0.1, -0.05) is 13.8 Å². The maximum atomic E-state index is 5.63. The van der Waals surface area contributed by atoms with E-state index in [-0.39, 0.29) is 0 Å². The third-order valence-corrected chi connectivity index (χ3v) is 2.70. The van der Waals surface area contributed by atoms with Gasteiger partial charge in [0.25, 0.3) is 0 Å². The highest BCUT2D eigenvalue weighted by atomic mass is 15.3. The molecule has 1 rings (SSSR count). The van der Waals surface area contributed by atoms with Crippen LogP contribution in [0, 0.1) is 0 Å². The highest BCUT2D eigenvalue weighted by Crippen LogP contribution is 2.15. The molecule has 0 amide bonds. The second-order valence-electron chi connectivity index (χ2n) is 3.95. The summed E-state index contributed by atoms with van der Waals surface area (Å²) in [5, 5.41) is 0. The molecule has 0 aliphatic rings. The number of nitrogens with two attached hydrogens (primary N) is 1. The minimum absolute atomic E-state index is 0.675. The Labute approximate surface area is 98.5 Å². The van der Waals surface area contributed by atoms with E-state index in [4.69, 9.17) is 5.73 Å². The summed E-state index contributed by atoms with van der Waals surface area (Å²) >= 11 is 0. The van der Waals surface area contributed by atoms with Crippen LogP contribution in [0.2, 0.25) is 0 Å². The smallest absolute Gasteiger partial charge is 0.205 e. The number of anilines is 1. The van der Waals surface area contributed by atoms with Crippen molar-refractivity contribution in [2.24, 2.45) is 5.73 Å². The maximum absolute atomic E-state index is 5.63. The molecule has 1 aromatic heterocycles. The zero-order chi connectivity index (χ0) is 12.0. The summed E-state index contributed by atoms with van der Waals surface area (Å²) in [6.45, 7) is 10.0. The number of hydrogen-bond donors (Lipinski definition) is 1. The van der Waals surface area contributed by atoms with E-state index in [1.54, 1.807) is 0 Å². The van der Waals surface area contributed by atoms with Gasteiger partial charge in [-0.05, 0) is 19.8 Å². The molecule has 2 N–H and O–H groups in total. The Morgan fingerprint density at radius 1 is 1.38 bits per heavy atom. The Kier molecular flexibility index (Phi) is 5.32. The molecule has 0 bridgehead atoms. The van der Waals surface area contributed by atoms with Crippen molar-refractivity contribution in [1.82, 2.24) is 9.55 Å². The van der Waals surface area contributed by atoms with E-state index in [9.17, 15) is 0 Å². The highest BCUT2D eigenvalue weighted by Gasteiger charge is 2.12. The summed E-state index contributed by atoms with van der Waals surface area (Å²) < 4.78 is 2.25. The van der Waals surface area contributed by atoms with Gasteiger partial charge in [-0.2, -0.15) is 0 Å². The van der Waals surface area contributed by atoms with Crippen LogP contribution in [-0.2, 0) is 13.0 Å². The predicted molar refractivity (Wildman–Crippen MR) is 68.8 cm³/mol. The number of nitrogens with zero attached hydrogens (tertiary/aromatic N) is 3. The Morgan fingerprint density at radius 3 is 2.62 bits per heavy atom. The normalized spacial score (nSPS) is 10.8. The average molecular weight is 224 g/mol. The number of aryl methyl sites for hydroxylation is 2. The fourth-order valence-electron chi connectivity index (χ4n) is 1.84. The van der Waals surface area contributed by atoms with Gasteiger partial charge in [0.15, 0.2) is 0 Å². The molecule has 0 atom stereocenters. The van der Waals surface area contributed by atoms with Crippen LogP contribution in [0.1, 0.15) is 32.9 Å². The summed E-state index contributed by atoms with van der Waals surface area (Å²) in [5.74, 6) is 1.08. The monoisotopic (exact) mass is 224 g/mol. The lowest BCUT2D eigenvalue weighted by Crippen LogP contribution is -2.31. The Balaban J connectivity index is 2.93. The lowest BCUT2D eigenvalue weighted by Gasteiger charge is -2.21. The molecule has 0 aliphatic heterocycles. The summed E-state index contributed by atoms with van der Waals surface area (Å²) in [6.07, 6.45) is 4.29. The molecule has 0 aromatic carbocycles. The quantitative estimate of drug-likeness (QED) is 0.766. The molecule has 0 spiro atoms. The minimum Gasteiger partial charge on any atom is -0.341 e. The summed E-state index contributed by atoms with van der Waals surface area (Å²) in [5.41, 5.74) is 6.79. The van der Waals surface area contributed by atoms with Crippen LogP contribution < -0.4 is 10.6 Å². The van der Waals surface area contributed by atoms with Crippen LogP contribution in [-0.4, -0.2) is 29.2 Å². The molecule has 0 fully saturated rings. The van der Waals surface area contributed by atoms with Gasteiger partial charge >= 0.3 is 0 Å². The van der Waals surface area contributed by atoms with Gasteiger partial charge in [0.05, 0.1) is 5.69 Å². The number of hydrogen-bond acceptors (Lipinski definition) is 3. The molecule has 92 valence electrons. The first kappa shape index (κ1) is 13.0. The second kappa shape index (κ2) is 6.53. The third kappa shape index (κ3) is 2.98. The van der Waals surface area contributed by atoms with E-state index in [0.29, 0.717) is 6.54 Å². The largest absolute Gasteiger partial charge is 0.341 e. The summed E-state index contributed by atoms with van der Waals surface area (Å²) in [4.78, 5) is 6.92. The van der Waals surface area contributed by atoms with Gasteiger partial charge in [0.1, 0.15) is 0 Å². The van der Waals surface area contributed by atoms with Gasteiger partial charge in [0, 0.05) is 32.4 Å². The molecular weight excluding hydrogens is 200 g/mol. The zero-order valence-corrected chi connectivity index (χ0v) is 10.7. The lowest BCUT2D eigenvalue weighted by molar-refractivity contribution is 0.651. The van der Waals surface area contributed by atoms with E-state index in [0.717, 1.165) is 38.4 Å². The highest BCUT2D eigenvalue weighted by molar-refractivity contribution is 5.33. The molecule has 0 saturated heterocycles. The molecule has 4 heteroatoms. The molecule has 1 aromatic rings. The molecular formula is C12H24N4. The molecule has 4 nitrogen and oxygen atoms in total. The van der Waals surface area contributed by atoms with Gasteiger partial charge in [-0.3, -0.25) is 0 Å². The van der Waals surface area contributed by atoms with Crippen LogP contribution in [0.4, 0.5) is 5.95 Å².